The number of piperazine rings is 1. The molecular formula is C28H30FN3O3S. The Kier molecular flexibility index (Phi) is 8.18. The van der Waals surface area contributed by atoms with Gasteiger partial charge in [-0.3, -0.25) is 14.0 Å². The molecule has 36 heavy (non-hydrogen) atoms. The monoisotopic (exact) mass is 507 g/mol. The van der Waals surface area contributed by atoms with Crippen LogP contribution in [0.1, 0.15) is 21.5 Å². The van der Waals surface area contributed by atoms with Crippen molar-refractivity contribution in [3.05, 3.63) is 107 Å². The molecule has 3 aromatic carbocycles. The smallest absolute Gasteiger partial charge is 0.253 e. The van der Waals surface area contributed by atoms with Crippen molar-refractivity contribution in [2.24, 2.45) is 0 Å². The number of anilines is 1. The van der Waals surface area contributed by atoms with Gasteiger partial charge in [-0.1, -0.05) is 54.6 Å². The lowest BCUT2D eigenvalue weighted by molar-refractivity contribution is 0.0650. The molecule has 6 nitrogen and oxygen atoms in total. The van der Waals surface area contributed by atoms with Crippen molar-refractivity contribution in [1.82, 2.24) is 9.80 Å². The Bertz CT molecular complexity index is 1290. The molecule has 0 aromatic heterocycles. The van der Waals surface area contributed by atoms with Gasteiger partial charge in [0.25, 0.3) is 5.91 Å². The summed E-state index contributed by atoms with van der Waals surface area (Å²) in [5, 5.41) is 0. The predicted molar refractivity (Wildman–Crippen MR) is 142 cm³/mol. The minimum absolute atomic E-state index is 0.0644. The van der Waals surface area contributed by atoms with Gasteiger partial charge in [-0.2, -0.15) is 0 Å². The number of hydrogen-bond acceptors (Lipinski definition) is 4. The van der Waals surface area contributed by atoms with Gasteiger partial charge in [-0.15, -0.1) is 0 Å². The molecule has 1 fully saturated rings. The molecule has 0 N–H and O–H groups in total. The summed E-state index contributed by atoms with van der Waals surface area (Å²) in [6, 6.07) is 22.5. The van der Waals surface area contributed by atoms with E-state index in [0.717, 1.165) is 25.9 Å². The number of rotatable bonds is 8. The minimum atomic E-state index is -3.58. The Hall–Kier alpha value is -3.49. The fraction of sp³-hybridized carbons (Fsp3) is 0.250. The molecule has 0 atom stereocenters. The topological polar surface area (TPSA) is 60.9 Å². The zero-order chi connectivity index (χ0) is 25.5. The van der Waals surface area contributed by atoms with Gasteiger partial charge in [0.05, 0.1) is 18.5 Å². The summed E-state index contributed by atoms with van der Waals surface area (Å²) in [4.78, 5) is 17.2. The highest BCUT2D eigenvalue weighted by Gasteiger charge is 2.23. The standard InChI is InChI=1S/C28H30FN3O3S/c1-36(34,35)32(22-24-9-13-26(29)14-10-24)27-15-11-25(12-16-27)28(33)31-20-18-30(19-21-31)17-5-8-23-6-3-2-4-7-23/h2-16H,17-22H2,1H3/b8-5+. The van der Waals surface area contributed by atoms with Crippen molar-refractivity contribution in [2.45, 2.75) is 6.54 Å². The second kappa shape index (κ2) is 11.5. The predicted octanol–water partition coefficient (Wildman–Crippen LogP) is 4.26. The highest BCUT2D eigenvalue weighted by Crippen LogP contribution is 2.22. The first kappa shape index (κ1) is 25.6. The van der Waals surface area contributed by atoms with Gasteiger partial charge in [0.1, 0.15) is 5.82 Å². The lowest BCUT2D eigenvalue weighted by Crippen LogP contribution is -2.48. The van der Waals surface area contributed by atoms with E-state index in [0.29, 0.717) is 29.9 Å². The summed E-state index contributed by atoms with van der Waals surface area (Å²) in [6.45, 7) is 3.78. The SMILES string of the molecule is CS(=O)(=O)N(Cc1ccc(F)cc1)c1ccc(C(=O)N2CCN(C/C=C/c3ccccc3)CC2)cc1. The van der Waals surface area contributed by atoms with E-state index in [9.17, 15) is 17.6 Å². The molecule has 0 saturated carbocycles. The number of carbonyl (C=O) groups excluding carboxylic acids is 1. The van der Waals surface area contributed by atoms with Crippen LogP contribution in [0.4, 0.5) is 10.1 Å². The first-order chi connectivity index (χ1) is 17.3. The zero-order valence-corrected chi connectivity index (χ0v) is 21.1. The van der Waals surface area contributed by atoms with E-state index in [1.807, 2.05) is 23.1 Å². The van der Waals surface area contributed by atoms with Crippen LogP contribution in [0.5, 0.6) is 0 Å². The second-order valence-corrected chi connectivity index (χ2v) is 10.8. The van der Waals surface area contributed by atoms with E-state index in [2.05, 4.69) is 29.2 Å². The fourth-order valence-corrected chi connectivity index (χ4v) is 5.03. The third-order valence-corrected chi connectivity index (χ3v) is 7.32. The molecule has 1 saturated heterocycles. The summed E-state index contributed by atoms with van der Waals surface area (Å²) in [5.74, 6) is -0.442. The molecule has 1 aliphatic heterocycles. The second-order valence-electron chi connectivity index (χ2n) is 8.85. The molecule has 0 bridgehead atoms. The maximum Gasteiger partial charge on any atom is 0.253 e. The molecule has 188 valence electrons. The molecule has 1 aliphatic rings. The summed E-state index contributed by atoms with van der Waals surface area (Å²) < 4.78 is 39.3. The van der Waals surface area contributed by atoms with Crippen LogP contribution in [0, 0.1) is 5.82 Å². The number of sulfonamides is 1. The van der Waals surface area contributed by atoms with Crippen molar-refractivity contribution in [1.29, 1.82) is 0 Å². The van der Waals surface area contributed by atoms with Crippen LogP contribution in [-0.4, -0.2) is 63.1 Å². The average Bonchev–Trinajstić information content (AvgIpc) is 2.88. The van der Waals surface area contributed by atoms with Gasteiger partial charge in [0.15, 0.2) is 0 Å². The number of hydrogen-bond donors (Lipinski definition) is 0. The maximum atomic E-state index is 13.2. The van der Waals surface area contributed by atoms with Gasteiger partial charge in [0, 0.05) is 38.3 Å². The lowest BCUT2D eigenvalue weighted by atomic mass is 10.1. The van der Waals surface area contributed by atoms with Crippen molar-refractivity contribution in [2.75, 3.05) is 43.3 Å². The summed E-state index contributed by atoms with van der Waals surface area (Å²) in [7, 11) is -3.58. The van der Waals surface area contributed by atoms with Crippen LogP contribution < -0.4 is 4.31 Å². The Labute approximate surface area is 212 Å². The van der Waals surface area contributed by atoms with Crippen LogP contribution in [0.2, 0.25) is 0 Å². The van der Waals surface area contributed by atoms with Crippen LogP contribution in [0.3, 0.4) is 0 Å². The molecule has 1 heterocycles. The van der Waals surface area contributed by atoms with Crippen LogP contribution in [0.25, 0.3) is 6.08 Å². The summed E-state index contributed by atoms with van der Waals surface area (Å²) >= 11 is 0. The Morgan fingerprint density at radius 3 is 2.17 bits per heavy atom. The fourth-order valence-electron chi connectivity index (χ4n) is 4.14. The highest BCUT2D eigenvalue weighted by molar-refractivity contribution is 7.92. The van der Waals surface area contributed by atoms with Crippen molar-refractivity contribution in [3.63, 3.8) is 0 Å². The van der Waals surface area contributed by atoms with Gasteiger partial charge in [0.2, 0.25) is 10.0 Å². The third-order valence-electron chi connectivity index (χ3n) is 6.17. The molecule has 0 radical (unpaired) electrons. The highest BCUT2D eigenvalue weighted by atomic mass is 32.2. The van der Waals surface area contributed by atoms with E-state index in [-0.39, 0.29) is 18.3 Å². The van der Waals surface area contributed by atoms with E-state index < -0.39 is 10.0 Å². The molecular weight excluding hydrogens is 477 g/mol. The minimum Gasteiger partial charge on any atom is -0.336 e. The molecule has 3 aromatic rings. The van der Waals surface area contributed by atoms with Crippen LogP contribution in [-0.2, 0) is 16.6 Å². The zero-order valence-electron chi connectivity index (χ0n) is 20.3. The molecule has 0 aliphatic carbocycles. The Morgan fingerprint density at radius 1 is 0.917 bits per heavy atom. The molecule has 0 spiro atoms. The van der Waals surface area contributed by atoms with E-state index >= 15 is 0 Å². The van der Waals surface area contributed by atoms with Gasteiger partial charge >= 0.3 is 0 Å². The van der Waals surface area contributed by atoms with E-state index in [1.165, 1.54) is 22.0 Å². The maximum absolute atomic E-state index is 13.2. The largest absolute Gasteiger partial charge is 0.336 e. The van der Waals surface area contributed by atoms with Gasteiger partial charge in [-0.25, -0.2) is 12.8 Å². The normalized spacial score (nSPS) is 14.8. The quantitative estimate of drug-likeness (QED) is 0.457. The van der Waals surface area contributed by atoms with Gasteiger partial charge < -0.3 is 4.90 Å². The van der Waals surface area contributed by atoms with Crippen molar-refractivity contribution in [3.8, 4) is 0 Å². The Morgan fingerprint density at radius 2 is 1.56 bits per heavy atom. The molecule has 0 unspecified atom stereocenters. The van der Waals surface area contributed by atoms with Gasteiger partial charge in [-0.05, 0) is 47.5 Å². The summed E-state index contributed by atoms with van der Waals surface area (Å²) in [6.07, 6.45) is 5.38. The average molecular weight is 508 g/mol. The number of halogens is 1. The van der Waals surface area contributed by atoms with E-state index in [1.54, 1.807) is 36.4 Å². The van der Waals surface area contributed by atoms with E-state index in [4.69, 9.17) is 0 Å². The molecule has 4 rings (SSSR count). The Balaban J connectivity index is 1.35. The molecule has 8 heteroatoms. The first-order valence-electron chi connectivity index (χ1n) is 11.8. The molecule has 1 amide bonds. The third kappa shape index (κ3) is 6.80. The summed E-state index contributed by atoms with van der Waals surface area (Å²) in [5.41, 5.74) is 2.81. The number of benzene rings is 3. The van der Waals surface area contributed by atoms with Crippen molar-refractivity contribution < 1.29 is 17.6 Å². The number of carbonyl (C=O) groups is 1. The van der Waals surface area contributed by atoms with Crippen molar-refractivity contribution >= 4 is 27.7 Å². The number of nitrogens with zero attached hydrogens (tertiary/aromatic N) is 3. The first-order valence-corrected chi connectivity index (χ1v) is 13.7. The van der Waals surface area contributed by atoms with Crippen LogP contribution >= 0.6 is 0 Å². The number of amides is 1. The van der Waals surface area contributed by atoms with Crippen LogP contribution in [0.15, 0.2) is 84.9 Å². The lowest BCUT2D eigenvalue weighted by Gasteiger charge is -2.34.